The summed E-state index contributed by atoms with van der Waals surface area (Å²) in [7, 11) is 3.32. The lowest BCUT2D eigenvalue weighted by Crippen LogP contribution is -1.98. The van der Waals surface area contributed by atoms with Gasteiger partial charge in [0.15, 0.2) is 0 Å². The molecule has 0 spiro atoms. The van der Waals surface area contributed by atoms with Crippen molar-refractivity contribution in [2.45, 2.75) is 44.9 Å². The molecule has 0 saturated heterocycles. The van der Waals surface area contributed by atoms with Crippen LogP contribution < -0.4 is 18.9 Å². The molecule has 0 unspecified atom stereocenters. The summed E-state index contributed by atoms with van der Waals surface area (Å²) >= 11 is 0. The minimum absolute atomic E-state index is 0.747. The molecule has 0 aliphatic rings. The Morgan fingerprint density at radius 1 is 0.349 bits per heavy atom. The first-order valence-electron chi connectivity index (χ1n) is 15.0. The summed E-state index contributed by atoms with van der Waals surface area (Å²) in [5.74, 6) is 16.2. The Morgan fingerprint density at radius 2 is 0.605 bits per heavy atom. The van der Waals surface area contributed by atoms with Crippen LogP contribution in [0.1, 0.15) is 67.2 Å². The van der Waals surface area contributed by atoms with Crippen LogP contribution in [0.4, 0.5) is 0 Å². The molecular weight excluding hydrogens is 532 g/mol. The molecule has 0 bridgehead atoms. The molecule has 4 rings (SSSR count). The van der Waals surface area contributed by atoms with Crippen molar-refractivity contribution >= 4 is 0 Å². The molecular formula is C39H40O4. The van der Waals surface area contributed by atoms with Crippen molar-refractivity contribution in [1.82, 2.24) is 0 Å². The number of hydrogen-bond acceptors (Lipinski definition) is 4. The first-order chi connectivity index (χ1) is 21.2. The molecule has 0 fully saturated rings. The van der Waals surface area contributed by atoms with Gasteiger partial charge in [-0.25, -0.2) is 0 Å². The number of ether oxygens (including phenoxy) is 4. The van der Waals surface area contributed by atoms with Gasteiger partial charge in [0.05, 0.1) is 27.4 Å². The van der Waals surface area contributed by atoms with E-state index in [1.165, 1.54) is 32.1 Å². The van der Waals surface area contributed by atoms with E-state index in [0.29, 0.717) is 0 Å². The van der Waals surface area contributed by atoms with Crippen LogP contribution in [0, 0.1) is 23.7 Å². The molecule has 0 heterocycles. The topological polar surface area (TPSA) is 36.9 Å². The number of rotatable bonds is 14. The van der Waals surface area contributed by atoms with Gasteiger partial charge < -0.3 is 18.9 Å². The minimum Gasteiger partial charge on any atom is -0.497 e. The fourth-order valence-electron chi connectivity index (χ4n) is 4.37. The van der Waals surface area contributed by atoms with Crippen molar-refractivity contribution in [3.8, 4) is 46.7 Å². The first kappa shape index (κ1) is 31.1. The van der Waals surface area contributed by atoms with E-state index in [4.69, 9.17) is 18.9 Å². The van der Waals surface area contributed by atoms with E-state index in [0.717, 1.165) is 71.3 Å². The molecule has 4 aromatic rings. The second-order valence-electron chi connectivity index (χ2n) is 10.2. The third-order valence-corrected chi connectivity index (χ3v) is 6.92. The maximum Gasteiger partial charge on any atom is 0.119 e. The lowest BCUT2D eigenvalue weighted by Gasteiger charge is -2.07. The van der Waals surface area contributed by atoms with E-state index >= 15 is 0 Å². The van der Waals surface area contributed by atoms with E-state index in [1.54, 1.807) is 14.2 Å². The summed E-state index contributed by atoms with van der Waals surface area (Å²) in [4.78, 5) is 0. The van der Waals surface area contributed by atoms with Gasteiger partial charge in [-0.3, -0.25) is 0 Å². The number of methoxy groups -OCH3 is 2. The maximum atomic E-state index is 5.91. The molecule has 0 aromatic heterocycles. The van der Waals surface area contributed by atoms with Crippen molar-refractivity contribution < 1.29 is 18.9 Å². The van der Waals surface area contributed by atoms with E-state index < -0.39 is 0 Å². The third kappa shape index (κ3) is 11.5. The van der Waals surface area contributed by atoms with Crippen molar-refractivity contribution in [3.63, 3.8) is 0 Å². The summed E-state index contributed by atoms with van der Waals surface area (Å²) in [6.45, 7) is 1.49. The molecule has 4 aromatic carbocycles. The average molecular weight is 573 g/mol. The summed E-state index contributed by atoms with van der Waals surface area (Å²) in [5.41, 5.74) is 3.87. The van der Waals surface area contributed by atoms with Gasteiger partial charge >= 0.3 is 0 Å². The van der Waals surface area contributed by atoms with Crippen LogP contribution in [0.2, 0.25) is 0 Å². The van der Waals surface area contributed by atoms with Crippen LogP contribution in [0.3, 0.4) is 0 Å². The molecule has 0 radical (unpaired) electrons. The Labute approximate surface area is 257 Å². The number of benzene rings is 4. The molecule has 0 atom stereocenters. The highest BCUT2D eigenvalue weighted by Crippen LogP contribution is 2.16. The van der Waals surface area contributed by atoms with Crippen molar-refractivity contribution in [2.24, 2.45) is 0 Å². The zero-order valence-electron chi connectivity index (χ0n) is 25.2. The molecule has 0 amide bonds. The molecule has 0 N–H and O–H groups in total. The molecule has 43 heavy (non-hydrogen) atoms. The van der Waals surface area contributed by atoms with Crippen LogP contribution >= 0.6 is 0 Å². The van der Waals surface area contributed by atoms with Gasteiger partial charge in [0.2, 0.25) is 0 Å². The van der Waals surface area contributed by atoms with E-state index in [2.05, 4.69) is 23.7 Å². The van der Waals surface area contributed by atoms with Gasteiger partial charge in [-0.1, -0.05) is 55.8 Å². The normalized spacial score (nSPS) is 10.1. The van der Waals surface area contributed by atoms with Crippen molar-refractivity contribution in [3.05, 3.63) is 119 Å². The Bertz CT molecular complexity index is 1360. The lowest BCUT2D eigenvalue weighted by atomic mass is 10.1. The largest absolute Gasteiger partial charge is 0.497 e. The van der Waals surface area contributed by atoms with Crippen molar-refractivity contribution in [2.75, 3.05) is 27.4 Å². The summed E-state index contributed by atoms with van der Waals surface area (Å²) in [6.07, 6.45) is 8.26. The first-order valence-corrected chi connectivity index (χ1v) is 15.0. The average Bonchev–Trinajstić information content (AvgIpc) is 3.07. The SMILES string of the molecule is COc1ccc(C#Cc2ccc(OCCCCCCCCCOc3ccc(C#Cc4ccc(OC)cc4)cc3)cc2)cc1. The Morgan fingerprint density at radius 3 is 0.884 bits per heavy atom. The molecule has 0 aliphatic heterocycles. The van der Waals surface area contributed by atoms with Gasteiger partial charge in [0.25, 0.3) is 0 Å². The summed E-state index contributed by atoms with van der Waals surface area (Å²) < 4.78 is 22.2. The molecule has 0 aliphatic carbocycles. The predicted octanol–water partition coefficient (Wildman–Crippen LogP) is 8.69. The van der Waals surface area contributed by atoms with E-state index in [9.17, 15) is 0 Å². The zero-order chi connectivity index (χ0) is 30.0. The standard InChI is InChI=1S/C39H40O4/c1-40-36-22-14-32(15-23-36)10-12-34-18-26-38(27-19-34)42-30-8-6-4-3-5-7-9-31-43-39-28-20-35(21-29-39)13-11-33-16-24-37(41-2)25-17-33/h14-29H,3-9,30-31H2,1-2H3. The van der Waals surface area contributed by atoms with Crippen LogP contribution in [0.5, 0.6) is 23.0 Å². The van der Waals surface area contributed by atoms with Crippen LogP contribution in [-0.2, 0) is 0 Å². The highest BCUT2D eigenvalue weighted by atomic mass is 16.5. The smallest absolute Gasteiger partial charge is 0.119 e. The van der Waals surface area contributed by atoms with Crippen LogP contribution in [0.25, 0.3) is 0 Å². The molecule has 0 saturated carbocycles. The highest BCUT2D eigenvalue weighted by molar-refractivity contribution is 5.46. The van der Waals surface area contributed by atoms with Gasteiger partial charge in [0.1, 0.15) is 23.0 Å². The van der Waals surface area contributed by atoms with Gasteiger partial charge in [-0.05, 0) is 110 Å². The predicted molar refractivity (Wildman–Crippen MR) is 174 cm³/mol. The summed E-state index contributed by atoms with van der Waals surface area (Å²) in [6, 6.07) is 31.5. The van der Waals surface area contributed by atoms with Gasteiger partial charge in [-0.15, -0.1) is 0 Å². The second-order valence-corrected chi connectivity index (χ2v) is 10.2. The molecule has 4 nitrogen and oxygen atoms in total. The lowest BCUT2D eigenvalue weighted by molar-refractivity contribution is 0.299. The fraction of sp³-hybridized carbons (Fsp3) is 0.282. The third-order valence-electron chi connectivity index (χ3n) is 6.92. The Hall–Kier alpha value is -4.80. The molecule has 4 heteroatoms. The van der Waals surface area contributed by atoms with Crippen LogP contribution in [0.15, 0.2) is 97.1 Å². The zero-order valence-corrected chi connectivity index (χ0v) is 25.2. The summed E-state index contributed by atoms with van der Waals surface area (Å²) in [5, 5.41) is 0. The Kier molecular flexibility index (Phi) is 13.0. The fourth-order valence-corrected chi connectivity index (χ4v) is 4.37. The highest BCUT2D eigenvalue weighted by Gasteiger charge is 1.98. The minimum atomic E-state index is 0.747. The van der Waals surface area contributed by atoms with Crippen LogP contribution in [-0.4, -0.2) is 27.4 Å². The van der Waals surface area contributed by atoms with E-state index in [1.807, 2.05) is 97.1 Å². The quantitative estimate of drug-likeness (QED) is 0.112. The number of unbranched alkanes of at least 4 members (excludes halogenated alkanes) is 6. The maximum absolute atomic E-state index is 5.91. The second kappa shape index (κ2) is 17.9. The molecule has 220 valence electrons. The van der Waals surface area contributed by atoms with E-state index in [-0.39, 0.29) is 0 Å². The number of hydrogen-bond donors (Lipinski definition) is 0. The monoisotopic (exact) mass is 572 g/mol. The van der Waals surface area contributed by atoms with Gasteiger partial charge in [0, 0.05) is 22.3 Å². The van der Waals surface area contributed by atoms with Gasteiger partial charge in [-0.2, -0.15) is 0 Å². The van der Waals surface area contributed by atoms with Crippen molar-refractivity contribution in [1.29, 1.82) is 0 Å². The Balaban J connectivity index is 1.00.